The highest BCUT2D eigenvalue weighted by Gasteiger charge is 2.35. The molecule has 0 radical (unpaired) electrons. The van der Waals surface area contributed by atoms with E-state index in [9.17, 15) is 15.0 Å². The second kappa shape index (κ2) is 4.55. The SMILES string of the molecule is CCOC(=O)[C@@H]1NCC[C@H](O)[C@@H]1O. The Kier molecular flexibility index (Phi) is 3.65. The van der Waals surface area contributed by atoms with Gasteiger partial charge in [0.25, 0.3) is 0 Å². The predicted octanol–water partition coefficient (Wildman–Crippen LogP) is -1.37. The van der Waals surface area contributed by atoms with E-state index in [1.54, 1.807) is 6.92 Å². The number of rotatable bonds is 2. The van der Waals surface area contributed by atoms with Crippen molar-refractivity contribution in [2.24, 2.45) is 0 Å². The van der Waals surface area contributed by atoms with Gasteiger partial charge in [-0.3, -0.25) is 4.79 Å². The first-order valence-corrected chi connectivity index (χ1v) is 4.43. The molecule has 1 fully saturated rings. The van der Waals surface area contributed by atoms with E-state index in [0.717, 1.165) is 0 Å². The molecular formula is C8H15NO4. The molecule has 1 aliphatic rings. The molecule has 13 heavy (non-hydrogen) atoms. The van der Waals surface area contributed by atoms with E-state index in [-0.39, 0.29) is 6.61 Å². The van der Waals surface area contributed by atoms with Crippen LogP contribution in [0.15, 0.2) is 0 Å². The lowest BCUT2D eigenvalue weighted by molar-refractivity contribution is -0.153. The van der Waals surface area contributed by atoms with Crippen molar-refractivity contribution in [2.75, 3.05) is 13.2 Å². The normalized spacial score (nSPS) is 34.2. The Morgan fingerprint density at radius 3 is 2.92 bits per heavy atom. The molecule has 0 spiro atoms. The Bertz CT molecular complexity index is 185. The highest BCUT2D eigenvalue weighted by Crippen LogP contribution is 2.10. The summed E-state index contributed by atoms with van der Waals surface area (Å²) in [7, 11) is 0. The van der Waals surface area contributed by atoms with Crippen molar-refractivity contribution in [3.05, 3.63) is 0 Å². The Morgan fingerprint density at radius 1 is 1.62 bits per heavy atom. The number of esters is 1. The molecule has 0 aromatic carbocycles. The molecule has 3 atom stereocenters. The fourth-order valence-corrected chi connectivity index (χ4v) is 1.36. The Labute approximate surface area is 76.7 Å². The zero-order chi connectivity index (χ0) is 9.84. The number of aliphatic hydroxyl groups excluding tert-OH is 2. The minimum atomic E-state index is -1.06. The molecule has 5 heteroatoms. The highest BCUT2D eigenvalue weighted by molar-refractivity contribution is 5.76. The van der Waals surface area contributed by atoms with Crippen molar-refractivity contribution < 1.29 is 19.7 Å². The number of hydrogen-bond acceptors (Lipinski definition) is 5. The Hall–Kier alpha value is -0.650. The van der Waals surface area contributed by atoms with Crippen LogP contribution < -0.4 is 5.32 Å². The second-order valence-corrected chi connectivity index (χ2v) is 3.03. The summed E-state index contributed by atoms with van der Waals surface area (Å²) in [4.78, 5) is 11.2. The van der Waals surface area contributed by atoms with E-state index in [0.29, 0.717) is 13.0 Å². The second-order valence-electron chi connectivity index (χ2n) is 3.03. The Balaban J connectivity index is 2.52. The first kappa shape index (κ1) is 10.4. The molecule has 0 amide bonds. The van der Waals surface area contributed by atoms with E-state index in [2.05, 4.69) is 5.32 Å². The zero-order valence-corrected chi connectivity index (χ0v) is 7.56. The molecule has 1 heterocycles. The van der Waals surface area contributed by atoms with Gasteiger partial charge < -0.3 is 20.3 Å². The molecule has 0 unspecified atom stereocenters. The molecule has 0 saturated carbocycles. The van der Waals surface area contributed by atoms with Gasteiger partial charge in [-0.1, -0.05) is 0 Å². The molecule has 3 N–H and O–H groups in total. The lowest BCUT2D eigenvalue weighted by Crippen LogP contribution is -2.56. The van der Waals surface area contributed by atoms with Gasteiger partial charge in [0.15, 0.2) is 0 Å². The summed E-state index contributed by atoms with van der Waals surface area (Å²) < 4.78 is 4.73. The van der Waals surface area contributed by atoms with E-state index in [1.165, 1.54) is 0 Å². The smallest absolute Gasteiger partial charge is 0.325 e. The number of aliphatic hydroxyl groups is 2. The third-order valence-corrected chi connectivity index (χ3v) is 2.08. The van der Waals surface area contributed by atoms with Crippen LogP contribution in [-0.2, 0) is 9.53 Å². The van der Waals surface area contributed by atoms with Crippen LogP contribution in [0.25, 0.3) is 0 Å². The van der Waals surface area contributed by atoms with Crippen LogP contribution in [0.3, 0.4) is 0 Å². The number of piperidine rings is 1. The van der Waals surface area contributed by atoms with E-state index < -0.39 is 24.2 Å². The monoisotopic (exact) mass is 189 g/mol. The lowest BCUT2D eigenvalue weighted by Gasteiger charge is -2.30. The van der Waals surface area contributed by atoms with Crippen molar-refractivity contribution in [1.29, 1.82) is 0 Å². The van der Waals surface area contributed by atoms with Gasteiger partial charge in [-0.2, -0.15) is 0 Å². The van der Waals surface area contributed by atoms with Gasteiger partial charge in [0.1, 0.15) is 12.1 Å². The van der Waals surface area contributed by atoms with Crippen molar-refractivity contribution in [3.63, 3.8) is 0 Å². The summed E-state index contributed by atoms with van der Waals surface area (Å²) in [6.45, 7) is 2.49. The zero-order valence-electron chi connectivity index (χ0n) is 7.56. The van der Waals surface area contributed by atoms with Crippen molar-refractivity contribution in [2.45, 2.75) is 31.6 Å². The average Bonchev–Trinajstić information content (AvgIpc) is 2.10. The van der Waals surface area contributed by atoms with Gasteiger partial charge >= 0.3 is 5.97 Å². The number of nitrogens with one attached hydrogen (secondary N) is 1. The molecule has 5 nitrogen and oxygen atoms in total. The van der Waals surface area contributed by atoms with Crippen molar-refractivity contribution in [1.82, 2.24) is 5.32 Å². The van der Waals surface area contributed by atoms with Crippen LogP contribution in [-0.4, -0.2) is 47.6 Å². The van der Waals surface area contributed by atoms with Crippen LogP contribution >= 0.6 is 0 Å². The molecular weight excluding hydrogens is 174 g/mol. The summed E-state index contributed by atoms with van der Waals surface area (Å²) in [5.74, 6) is -0.506. The third-order valence-electron chi connectivity index (χ3n) is 2.08. The van der Waals surface area contributed by atoms with Crippen LogP contribution in [0.4, 0.5) is 0 Å². The topological polar surface area (TPSA) is 78.8 Å². The summed E-state index contributed by atoms with van der Waals surface area (Å²) in [5, 5.41) is 21.5. The minimum absolute atomic E-state index is 0.278. The number of hydrogen-bond donors (Lipinski definition) is 3. The minimum Gasteiger partial charge on any atom is -0.465 e. The van der Waals surface area contributed by atoms with Gasteiger partial charge in [-0.25, -0.2) is 0 Å². The molecule has 0 aromatic rings. The molecule has 76 valence electrons. The molecule has 0 aromatic heterocycles. The van der Waals surface area contributed by atoms with E-state index in [1.807, 2.05) is 0 Å². The highest BCUT2D eigenvalue weighted by atomic mass is 16.5. The number of carbonyl (C=O) groups is 1. The first-order chi connectivity index (χ1) is 6.16. The lowest BCUT2D eigenvalue weighted by atomic mass is 9.98. The molecule has 0 aliphatic carbocycles. The summed E-state index contributed by atoms with van der Waals surface area (Å²) in [6.07, 6.45) is -1.44. The average molecular weight is 189 g/mol. The van der Waals surface area contributed by atoms with E-state index in [4.69, 9.17) is 4.74 Å². The molecule has 1 saturated heterocycles. The molecule has 1 rings (SSSR count). The number of carbonyl (C=O) groups excluding carboxylic acids is 1. The fourth-order valence-electron chi connectivity index (χ4n) is 1.36. The van der Waals surface area contributed by atoms with Gasteiger partial charge in [0.05, 0.1) is 12.7 Å². The van der Waals surface area contributed by atoms with Crippen LogP contribution in [0, 0.1) is 0 Å². The summed E-state index contributed by atoms with van der Waals surface area (Å²) >= 11 is 0. The van der Waals surface area contributed by atoms with Gasteiger partial charge in [0.2, 0.25) is 0 Å². The quantitative estimate of drug-likeness (QED) is 0.467. The largest absolute Gasteiger partial charge is 0.465 e. The summed E-state index contributed by atoms with van der Waals surface area (Å²) in [5.41, 5.74) is 0. The standard InChI is InChI=1S/C8H15NO4/c1-2-13-8(12)6-7(11)5(10)3-4-9-6/h5-7,9-11H,2-4H2,1H3/t5-,6+,7-/m0/s1. The summed E-state index contributed by atoms with van der Waals surface area (Å²) in [6, 6.07) is -0.788. The fraction of sp³-hybridized carbons (Fsp3) is 0.875. The van der Waals surface area contributed by atoms with Crippen LogP contribution in [0.2, 0.25) is 0 Å². The van der Waals surface area contributed by atoms with Gasteiger partial charge in [-0.15, -0.1) is 0 Å². The molecule has 1 aliphatic heterocycles. The maximum Gasteiger partial charge on any atom is 0.325 e. The maximum absolute atomic E-state index is 11.2. The third kappa shape index (κ3) is 2.40. The Morgan fingerprint density at radius 2 is 2.31 bits per heavy atom. The number of ether oxygens (including phenoxy) is 1. The van der Waals surface area contributed by atoms with Gasteiger partial charge in [0, 0.05) is 0 Å². The first-order valence-electron chi connectivity index (χ1n) is 4.43. The van der Waals surface area contributed by atoms with Crippen molar-refractivity contribution >= 4 is 5.97 Å². The van der Waals surface area contributed by atoms with Crippen LogP contribution in [0.5, 0.6) is 0 Å². The maximum atomic E-state index is 11.2. The molecule has 0 bridgehead atoms. The predicted molar refractivity (Wildman–Crippen MR) is 45.1 cm³/mol. The van der Waals surface area contributed by atoms with E-state index >= 15 is 0 Å². The van der Waals surface area contributed by atoms with Crippen LogP contribution in [0.1, 0.15) is 13.3 Å². The van der Waals surface area contributed by atoms with Gasteiger partial charge in [-0.05, 0) is 19.9 Å². The van der Waals surface area contributed by atoms with Crippen molar-refractivity contribution in [3.8, 4) is 0 Å².